The van der Waals surface area contributed by atoms with E-state index >= 15 is 0 Å². The lowest BCUT2D eigenvalue weighted by atomic mass is 10.1. The van der Waals surface area contributed by atoms with E-state index in [0.717, 1.165) is 6.33 Å². The molecule has 2 saturated heterocycles. The summed E-state index contributed by atoms with van der Waals surface area (Å²) in [4.78, 5) is 31.4. The number of hydrogen-bond acceptors (Lipinski definition) is 15. The van der Waals surface area contributed by atoms with Crippen LogP contribution in [0.3, 0.4) is 0 Å². The van der Waals surface area contributed by atoms with E-state index in [2.05, 4.69) is 33.6 Å². The van der Waals surface area contributed by atoms with Crippen molar-refractivity contribution >= 4 is 32.6 Å². The third-order valence-corrected chi connectivity index (χ3v) is 8.02. The smallest absolute Gasteiger partial charge is 0.389 e. The Labute approximate surface area is 196 Å². The molecule has 3 unspecified atom stereocenters. The molecule has 0 aliphatic carbocycles. The molecule has 2 aliphatic heterocycles. The van der Waals surface area contributed by atoms with Gasteiger partial charge in [-0.2, -0.15) is 4.31 Å². The summed E-state index contributed by atoms with van der Waals surface area (Å²) in [6.45, 7) is -1.45. The summed E-state index contributed by atoms with van der Waals surface area (Å²) >= 11 is 0. The number of nitrogens with two attached hydrogens (primary N) is 1. The van der Waals surface area contributed by atoms with Crippen molar-refractivity contribution in [1.29, 1.82) is 0 Å². The number of rotatable bonds is 9. The third kappa shape index (κ3) is 5.70. The Morgan fingerprint density at radius 1 is 1.06 bits per heavy atom. The number of nitrogen functional groups attached to an aromatic ring is 1. The monoisotopic (exact) mass is 542 g/mol. The molecule has 18 nitrogen and oxygen atoms in total. The molecule has 0 amide bonds. The van der Waals surface area contributed by atoms with Crippen molar-refractivity contribution in [2.45, 2.75) is 42.8 Å². The van der Waals surface area contributed by atoms with Gasteiger partial charge in [-0.15, -0.1) is 0 Å². The molecule has 9 atom stereocenters. The highest BCUT2D eigenvalue weighted by Gasteiger charge is 2.46. The van der Waals surface area contributed by atoms with Crippen LogP contribution in [-0.2, 0) is 27.2 Å². The van der Waals surface area contributed by atoms with Gasteiger partial charge in [-0.1, -0.05) is 0 Å². The number of aliphatic hydroxyl groups is 4. The average Bonchev–Trinajstić information content (AvgIpc) is 3.43. The lowest BCUT2D eigenvalue weighted by molar-refractivity contribution is -0.0504. The van der Waals surface area contributed by atoms with Gasteiger partial charge in [-0.25, -0.2) is 24.1 Å². The van der Waals surface area contributed by atoms with Crippen LogP contribution in [0.1, 0.15) is 6.23 Å². The molecule has 35 heavy (non-hydrogen) atoms. The van der Waals surface area contributed by atoms with Gasteiger partial charge in [0.1, 0.15) is 30.2 Å². The number of imidazole rings is 1. The van der Waals surface area contributed by atoms with Crippen molar-refractivity contribution < 1.29 is 57.4 Å². The zero-order valence-corrected chi connectivity index (χ0v) is 19.5. The molecule has 4 heterocycles. The van der Waals surface area contributed by atoms with Gasteiger partial charge in [-0.05, 0) is 0 Å². The van der Waals surface area contributed by atoms with Gasteiger partial charge in [0.15, 0.2) is 17.7 Å². The van der Waals surface area contributed by atoms with Gasteiger partial charge in [0.05, 0.1) is 37.8 Å². The van der Waals surface area contributed by atoms with Crippen LogP contribution in [0.5, 0.6) is 0 Å². The summed E-state index contributed by atoms with van der Waals surface area (Å²) in [5.74, 6) is 0.0742. The summed E-state index contributed by atoms with van der Waals surface area (Å²) in [7, 11) is -10.4. The van der Waals surface area contributed by atoms with Gasteiger partial charge in [0, 0.05) is 6.54 Å². The Kier molecular flexibility index (Phi) is 7.57. The second-order valence-electron chi connectivity index (χ2n) is 7.81. The second-order valence-corrected chi connectivity index (χ2v) is 10.9. The highest BCUT2D eigenvalue weighted by molar-refractivity contribution is 7.61. The first-order valence-electron chi connectivity index (χ1n) is 10.1. The number of nitrogens with zero attached hydrogens (tertiary/aromatic N) is 4. The molecule has 0 radical (unpaired) electrons. The predicted octanol–water partition coefficient (Wildman–Crippen LogP) is -3.03. The molecule has 20 heteroatoms. The van der Waals surface area contributed by atoms with Gasteiger partial charge in [0.25, 0.3) is 0 Å². The predicted molar refractivity (Wildman–Crippen MR) is 112 cm³/mol. The van der Waals surface area contributed by atoms with Gasteiger partial charge < -0.3 is 46.0 Å². The summed E-state index contributed by atoms with van der Waals surface area (Å²) in [6.07, 6.45) is -5.74. The van der Waals surface area contributed by atoms with Crippen LogP contribution in [0.4, 0.5) is 5.82 Å². The molecule has 2 aliphatic rings. The zero-order valence-electron chi connectivity index (χ0n) is 17.7. The molecule has 196 valence electrons. The number of hydrogen-bond donors (Lipinski definition) is 8. The van der Waals surface area contributed by atoms with Crippen molar-refractivity contribution in [1.82, 2.24) is 24.8 Å². The Balaban J connectivity index is 1.34. The molecular formula is C15H24N6O12P2. The maximum atomic E-state index is 12.2. The number of phosphoric acid groups is 2. The highest BCUT2D eigenvalue weighted by Crippen LogP contribution is 2.60. The summed E-state index contributed by atoms with van der Waals surface area (Å²) in [6, 6.07) is -0.923. The molecule has 2 aromatic heterocycles. The third-order valence-electron chi connectivity index (χ3n) is 5.42. The number of fused-ring (bicyclic) bond motifs is 1. The molecule has 0 saturated carbocycles. The first-order valence-corrected chi connectivity index (χ1v) is 13.1. The molecule has 2 fully saturated rings. The van der Waals surface area contributed by atoms with Crippen LogP contribution in [0.15, 0.2) is 12.7 Å². The molecule has 0 aromatic carbocycles. The van der Waals surface area contributed by atoms with E-state index in [0.29, 0.717) is 0 Å². The molecule has 0 spiro atoms. The summed E-state index contributed by atoms with van der Waals surface area (Å²) in [5, 5.41) is 42.4. The summed E-state index contributed by atoms with van der Waals surface area (Å²) < 4.78 is 44.4. The van der Waals surface area contributed by atoms with Gasteiger partial charge in [0.2, 0.25) is 0 Å². The molecule has 4 rings (SSSR count). The fourth-order valence-electron chi connectivity index (χ4n) is 3.61. The number of β-amino-alcohol motifs (C(OH)–C–C–N with tert-alkyl or cyclic N) is 1. The van der Waals surface area contributed by atoms with E-state index in [-0.39, 0.29) is 23.5 Å². The zero-order chi connectivity index (χ0) is 25.5. The van der Waals surface area contributed by atoms with E-state index in [9.17, 15) is 39.3 Å². The number of aliphatic hydroxyl groups excluding tert-OH is 4. The second kappa shape index (κ2) is 10.0. The van der Waals surface area contributed by atoms with Gasteiger partial charge >= 0.3 is 15.6 Å². The van der Waals surface area contributed by atoms with E-state index < -0.39 is 71.6 Å². The van der Waals surface area contributed by atoms with Crippen LogP contribution in [0.2, 0.25) is 0 Å². The van der Waals surface area contributed by atoms with Crippen molar-refractivity contribution in [3.8, 4) is 0 Å². The molecular weight excluding hydrogens is 518 g/mol. The van der Waals surface area contributed by atoms with E-state index in [1.807, 2.05) is 0 Å². The Bertz CT molecular complexity index is 1150. The minimum Gasteiger partial charge on any atom is -0.389 e. The van der Waals surface area contributed by atoms with Gasteiger partial charge in [-0.3, -0.25) is 13.6 Å². The minimum absolute atomic E-state index is 0.0130. The topological polar surface area (TPSA) is 274 Å². The fraction of sp³-hybridized carbons (Fsp3) is 0.667. The largest absolute Gasteiger partial charge is 0.481 e. The molecule has 9 N–H and O–H groups in total. The maximum absolute atomic E-state index is 12.2. The number of aromatic nitrogens is 4. The van der Waals surface area contributed by atoms with E-state index in [4.69, 9.17) is 10.5 Å². The van der Waals surface area contributed by atoms with Crippen molar-refractivity contribution in [3.63, 3.8) is 0 Å². The number of ether oxygens (including phenoxy) is 1. The van der Waals surface area contributed by atoms with E-state index in [1.54, 1.807) is 0 Å². The minimum atomic E-state index is -5.23. The lowest BCUT2D eigenvalue weighted by Gasteiger charge is -2.21. The quantitative estimate of drug-likeness (QED) is 0.146. The Morgan fingerprint density at radius 2 is 1.74 bits per heavy atom. The van der Waals surface area contributed by atoms with Crippen molar-refractivity contribution in [2.75, 3.05) is 25.5 Å². The van der Waals surface area contributed by atoms with Crippen LogP contribution in [0.25, 0.3) is 11.2 Å². The Hall–Kier alpha value is -1.63. The average molecular weight is 542 g/mol. The first kappa shape index (κ1) is 26.4. The Morgan fingerprint density at radius 3 is 2.40 bits per heavy atom. The lowest BCUT2D eigenvalue weighted by Crippen LogP contribution is -2.36. The molecule has 2 aromatic rings. The number of anilines is 1. The maximum Gasteiger partial charge on any atom is 0.481 e. The van der Waals surface area contributed by atoms with Crippen LogP contribution >= 0.6 is 15.6 Å². The SMILES string of the molecule is Nc1ncnc2c1ncn2[C@@H]1OC(COP(=O)(O)OP(=O)(O)OC[C@@H]2NC[C@@H](O)[C@H]2O)[C@@H](O)[C@H]1O. The van der Waals surface area contributed by atoms with Crippen molar-refractivity contribution in [2.24, 2.45) is 0 Å². The molecule has 0 bridgehead atoms. The first-order chi connectivity index (χ1) is 16.4. The van der Waals surface area contributed by atoms with Crippen molar-refractivity contribution in [3.05, 3.63) is 12.7 Å². The number of nitrogens with one attached hydrogen (secondary N) is 1. The fourth-order valence-corrected chi connectivity index (χ4v) is 5.72. The standard InChI is InChI=1S/C15H24N6O12P2/c16-13-9-14(19-4-18-13)21(5-20-9)15-12(25)11(24)8(32-15)3-31-35(28,29)33-34(26,27)30-2-6-10(23)7(22)1-17-6/h4-8,10-12,15,17,22-25H,1-3H2,(H,26,27)(H,28,29)(H2,16,18,19)/t6-,7+,8?,10-,11+,12+,15+/m0/s1. The highest BCUT2D eigenvalue weighted by atomic mass is 31.3. The van der Waals surface area contributed by atoms with Crippen LogP contribution in [-0.4, -0.2) is 106 Å². The van der Waals surface area contributed by atoms with Crippen LogP contribution in [0, 0.1) is 0 Å². The number of phosphoric ester groups is 2. The normalized spacial score (nSPS) is 34.7. The summed E-state index contributed by atoms with van der Waals surface area (Å²) in [5.41, 5.74) is 6.14. The van der Waals surface area contributed by atoms with Crippen LogP contribution < -0.4 is 11.1 Å². The van der Waals surface area contributed by atoms with E-state index in [1.165, 1.54) is 10.9 Å².